The fraction of sp³-hybridized carbons (Fsp3) is 0.714. The predicted molar refractivity (Wildman–Crippen MR) is 80.4 cm³/mol. The van der Waals surface area contributed by atoms with Crippen LogP contribution in [-0.2, 0) is 0 Å². The minimum Gasteiger partial charge on any atom is -0.393 e. The van der Waals surface area contributed by atoms with E-state index in [-0.39, 0.29) is 11.5 Å². The third-order valence-electron chi connectivity index (χ3n) is 4.65. The van der Waals surface area contributed by atoms with Gasteiger partial charge in [-0.1, -0.05) is 0 Å². The molecular weight excluding hydrogens is 274 g/mol. The van der Waals surface area contributed by atoms with Crippen molar-refractivity contribution in [1.82, 2.24) is 8.96 Å². The Hall–Kier alpha value is -0.850. The van der Waals surface area contributed by atoms with Crippen molar-refractivity contribution in [3.8, 4) is 0 Å². The van der Waals surface area contributed by atoms with Crippen molar-refractivity contribution in [3.63, 3.8) is 0 Å². The van der Waals surface area contributed by atoms with Crippen LogP contribution in [0, 0.1) is 11.8 Å². The predicted octanol–water partition coefficient (Wildman–Crippen LogP) is 1.97. The van der Waals surface area contributed by atoms with E-state index in [2.05, 4.69) is 8.96 Å². The van der Waals surface area contributed by atoms with Crippen LogP contribution < -0.4 is 0 Å². The van der Waals surface area contributed by atoms with Crippen molar-refractivity contribution in [2.75, 3.05) is 0 Å². The van der Waals surface area contributed by atoms with Gasteiger partial charge in [0.25, 0.3) is 0 Å². The van der Waals surface area contributed by atoms with Gasteiger partial charge < -0.3 is 10.2 Å². The van der Waals surface area contributed by atoms with Gasteiger partial charge in [0.1, 0.15) is 11.8 Å². The maximum absolute atomic E-state index is 10.9. The lowest BCUT2D eigenvalue weighted by molar-refractivity contribution is 0.0766. The molecule has 2 heterocycles. The standard InChI is InChI=1S/C14H21N3O2S/c18-11-5-3-10(4-6-11)14(19)20-13(9-1-2-9)16-12-7-15-8-17(12)20/h7-11,14,18-20H,1-6H2. The number of aromatic nitrogens is 2. The van der Waals surface area contributed by atoms with Gasteiger partial charge in [-0.3, -0.25) is 3.97 Å². The van der Waals surface area contributed by atoms with E-state index in [1.165, 1.54) is 17.9 Å². The van der Waals surface area contributed by atoms with Gasteiger partial charge in [0, 0.05) is 5.92 Å². The Balaban J connectivity index is 1.58. The molecule has 0 bridgehead atoms. The lowest BCUT2D eigenvalue weighted by atomic mass is 9.88. The van der Waals surface area contributed by atoms with E-state index in [1.807, 2.05) is 6.33 Å². The van der Waals surface area contributed by atoms with E-state index in [9.17, 15) is 10.2 Å². The van der Waals surface area contributed by atoms with Crippen molar-refractivity contribution in [3.05, 3.63) is 12.5 Å². The zero-order valence-electron chi connectivity index (χ0n) is 11.4. The Kier molecular flexibility index (Phi) is 3.12. The molecule has 3 aliphatic rings. The molecule has 5 nitrogen and oxygen atoms in total. The highest BCUT2D eigenvalue weighted by Crippen LogP contribution is 2.54. The summed E-state index contributed by atoms with van der Waals surface area (Å²) in [5, 5.41) is 21.7. The Labute approximate surface area is 121 Å². The largest absolute Gasteiger partial charge is 0.393 e. The molecule has 20 heavy (non-hydrogen) atoms. The second-order valence-electron chi connectivity index (χ2n) is 6.17. The van der Waals surface area contributed by atoms with Crippen molar-refractivity contribution < 1.29 is 10.2 Å². The molecule has 0 saturated heterocycles. The van der Waals surface area contributed by atoms with Crippen LogP contribution >= 0.6 is 11.1 Å². The molecule has 6 heteroatoms. The third-order valence-corrected chi connectivity index (χ3v) is 7.28. The summed E-state index contributed by atoms with van der Waals surface area (Å²) in [4.78, 5) is 8.89. The third kappa shape index (κ3) is 2.10. The summed E-state index contributed by atoms with van der Waals surface area (Å²) in [6.45, 7) is 0. The van der Waals surface area contributed by atoms with Crippen LogP contribution in [0.25, 0.3) is 0 Å². The highest BCUT2D eigenvalue weighted by molar-refractivity contribution is 8.29. The second-order valence-corrected chi connectivity index (χ2v) is 8.27. The summed E-state index contributed by atoms with van der Waals surface area (Å²) in [6.07, 6.45) is 9.35. The summed E-state index contributed by atoms with van der Waals surface area (Å²) < 4.78 is 2.10. The average molecular weight is 295 g/mol. The van der Waals surface area contributed by atoms with Gasteiger partial charge >= 0.3 is 0 Å². The Bertz CT molecular complexity index is 532. The Morgan fingerprint density at radius 1 is 1.20 bits per heavy atom. The summed E-state index contributed by atoms with van der Waals surface area (Å²) in [5.41, 5.74) is -0.340. The average Bonchev–Trinajstić information content (AvgIpc) is 3.08. The van der Waals surface area contributed by atoms with Crippen LogP contribution in [0.2, 0.25) is 0 Å². The summed E-state index contributed by atoms with van der Waals surface area (Å²) in [6, 6.07) is 0. The van der Waals surface area contributed by atoms with E-state index < -0.39 is 11.1 Å². The molecule has 0 amide bonds. The Morgan fingerprint density at radius 3 is 2.65 bits per heavy atom. The molecule has 4 rings (SSSR count). The van der Waals surface area contributed by atoms with Crippen molar-refractivity contribution in [2.45, 2.75) is 50.1 Å². The van der Waals surface area contributed by atoms with E-state index in [0.717, 1.165) is 31.5 Å². The molecule has 2 aliphatic carbocycles. The molecule has 1 aromatic rings. The first-order valence-electron chi connectivity index (χ1n) is 7.50. The minimum atomic E-state index is -0.785. The number of aliphatic hydroxyl groups excluding tert-OH is 2. The normalized spacial score (nSPS) is 36.5. The van der Waals surface area contributed by atoms with Gasteiger partial charge in [0.2, 0.25) is 0 Å². The van der Waals surface area contributed by atoms with E-state index in [4.69, 9.17) is 4.99 Å². The zero-order valence-corrected chi connectivity index (χ0v) is 12.3. The monoisotopic (exact) mass is 295 g/mol. The molecule has 110 valence electrons. The van der Waals surface area contributed by atoms with Gasteiger partial charge in [-0.15, -0.1) is 11.1 Å². The van der Waals surface area contributed by atoms with Crippen LogP contribution in [0.15, 0.2) is 17.5 Å². The van der Waals surface area contributed by atoms with Crippen molar-refractivity contribution in [1.29, 1.82) is 0 Å². The Morgan fingerprint density at radius 2 is 1.95 bits per heavy atom. The highest BCUT2D eigenvalue weighted by Gasteiger charge is 2.41. The summed E-state index contributed by atoms with van der Waals surface area (Å²) in [7, 11) is 0. The first kappa shape index (κ1) is 12.9. The van der Waals surface area contributed by atoms with E-state index >= 15 is 0 Å². The lowest BCUT2D eigenvalue weighted by Crippen LogP contribution is -2.30. The number of hydrogen-bond donors (Lipinski definition) is 3. The lowest BCUT2D eigenvalue weighted by Gasteiger charge is -2.35. The molecule has 1 aliphatic heterocycles. The number of rotatable bonds is 3. The zero-order chi connectivity index (χ0) is 13.7. The maximum atomic E-state index is 10.9. The van der Waals surface area contributed by atoms with Gasteiger partial charge in [-0.05, 0) is 44.4 Å². The minimum absolute atomic E-state index is 0.171. The summed E-state index contributed by atoms with van der Waals surface area (Å²) >= 11 is -0.785. The first-order valence-corrected chi connectivity index (χ1v) is 8.87. The summed E-state index contributed by atoms with van der Waals surface area (Å²) in [5.74, 6) is 1.79. The van der Waals surface area contributed by atoms with E-state index in [0.29, 0.717) is 11.8 Å². The second kappa shape index (κ2) is 4.86. The van der Waals surface area contributed by atoms with Gasteiger partial charge in [0.05, 0.1) is 17.3 Å². The molecule has 2 saturated carbocycles. The van der Waals surface area contributed by atoms with Crippen LogP contribution in [0.4, 0.5) is 5.82 Å². The molecule has 0 spiro atoms. The van der Waals surface area contributed by atoms with Crippen LogP contribution in [0.5, 0.6) is 0 Å². The fourth-order valence-corrected chi connectivity index (χ4v) is 6.06. The number of fused-ring (bicyclic) bond motifs is 1. The molecule has 0 radical (unpaired) electrons. The van der Waals surface area contributed by atoms with Crippen LogP contribution in [0.1, 0.15) is 38.5 Å². The number of aliphatic imine (C=N–C) groups is 1. The molecular formula is C14H21N3O2S. The van der Waals surface area contributed by atoms with Crippen molar-refractivity contribution in [2.24, 2.45) is 16.8 Å². The molecule has 2 unspecified atom stereocenters. The van der Waals surface area contributed by atoms with Gasteiger partial charge in [-0.25, -0.2) is 9.98 Å². The maximum Gasteiger partial charge on any atom is 0.162 e. The molecule has 2 atom stereocenters. The SMILES string of the molecule is OC1CCC(C(O)[SH]2C(C3CC3)=Nc3cncn32)CC1. The number of nitrogens with zero attached hydrogens (tertiary/aromatic N) is 3. The number of imidazole rings is 1. The van der Waals surface area contributed by atoms with Gasteiger partial charge in [0.15, 0.2) is 5.82 Å². The quantitative estimate of drug-likeness (QED) is 0.747. The number of thiol groups is 1. The first-order chi connectivity index (χ1) is 9.74. The molecule has 2 fully saturated rings. The van der Waals surface area contributed by atoms with E-state index in [1.54, 1.807) is 6.20 Å². The van der Waals surface area contributed by atoms with Crippen LogP contribution in [0.3, 0.4) is 0 Å². The topological polar surface area (TPSA) is 70.6 Å². The van der Waals surface area contributed by atoms with Gasteiger partial charge in [-0.2, -0.15) is 0 Å². The highest BCUT2D eigenvalue weighted by atomic mass is 32.2. The molecule has 0 aromatic carbocycles. The fourth-order valence-electron chi connectivity index (χ4n) is 3.29. The number of hydrogen-bond acceptors (Lipinski definition) is 4. The molecule has 2 N–H and O–H groups in total. The molecule has 1 aromatic heterocycles. The smallest absolute Gasteiger partial charge is 0.162 e. The van der Waals surface area contributed by atoms with Crippen molar-refractivity contribution >= 4 is 21.9 Å². The van der Waals surface area contributed by atoms with Crippen LogP contribution in [-0.4, -0.2) is 35.8 Å². The number of aliphatic hydroxyl groups is 2.